The number of aryl methyl sites for hydroxylation is 1. The molecule has 186 valence electrons. The van der Waals surface area contributed by atoms with Crippen molar-refractivity contribution in [3.05, 3.63) is 139 Å². The molecule has 0 nitrogen and oxygen atoms in total. The van der Waals surface area contributed by atoms with E-state index in [-0.39, 0.29) is 9.52 Å². The van der Waals surface area contributed by atoms with Gasteiger partial charge in [0, 0.05) is 0 Å². The Morgan fingerprint density at radius 2 is 1.00 bits per heavy atom. The minimum Gasteiger partial charge on any atom is -0.0708 e. The Labute approximate surface area is 232 Å². The SMILES string of the molecule is C[SiH2]c1ccc2c(-c3ccccc3)c3cc(C)ccc3c(-c3ccc(-c4ccc5ccccc5c4)cc3)c2c1. The van der Waals surface area contributed by atoms with Gasteiger partial charge >= 0.3 is 0 Å². The molecule has 0 N–H and O–H groups in total. The topological polar surface area (TPSA) is 0 Å². The third-order valence-electron chi connectivity index (χ3n) is 8.06. The van der Waals surface area contributed by atoms with Gasteiger partial charge in [-0.1, -0.05) is 145 Å². The van der Waals surface area contributed by atoms with Crippen LogP contribution in [0, 0.1) is 6.92 Å². The van der Waals surface area contributed by atoms with E-state index in [4.69, 9.17) is 0 Å². The molecule has 0 fully saturated rings. The number of hydrogen-bond donors (Lipinski definition) is 0. The molecule has 0 aliphatic carbocycles. The van der Waals surface area contributed by atoms with Crippen molar-refractivity contribution >= 4 is 47.0 Å². The van der Waals surface area contributed by atoms with E-state index in [1.54, 1.807) is 0 Å². The summed E-state index contributed by atoms with van der Waals surface area (Å²) >= 11 is 0. The van der Waals surface area contributed by atoms with Gasteiger partial charge in [-0.05, 0) is 78.7 Å². The average Bonchev–Trinajstić information content (AvgIpc) is 3.00. The van der Waals surface area contributed by atoms with Crippen molar-refractivity contribution in [2.24, 2.45) is 0 Å². The summed E-state index contributed by atoms with van der Waals surface area (Å²) in [5.74, 6) is 0. The van der Waals surface area contributed by atoms with Crippen LogP contribution in [0.25, 0.3) is 65.7 Å². The molecule has 39 heavy (non-hydrogen) atoms. The van der Waals surface area contributed by atoms with Crippen LogP contribution in [-0.2, 0) is 0 Å². The quantitative estimate of drug-likeness (QED) is 0.162. The van der Waals surface area contributed by atoms with Gasteiger partial charge in [-0.15, -0.1) is 0 Å². The van der Waals surface area contributed by atoms with Crippen LogP contribution in [-0.4, -0.2) is 9.52 Å². The molecule has 0 heterocycles. The standard InChI is InChI=1S/C38H30Si/c1-25-12-20-33-35(22-25)37(28-9-4-3-5-10-28)34-21-19-32(39-2)24-36(34)38(33)29-16-13-27(14-17-29)31-18-15-26-8-6-7-11-30(26)23-31/h3-24H,39H2,1-2H3. The first-order chi connectivity index (χ1) is 19.2. The minimum atomic E-state index is -0.285. The highest BCUT2D eigenvalue weighted by Crippen LogP contribution is 2.44. The second kappa shape index (κ2) is 9.69. The molecule has 0 atom stereocenters. The summed E-state index contributed by atoms with van der Waals surface area (Å²) in [6.45, 7) is 4.57. The second-order valence-electron chi connectivity index (χ2n) is 10.5. The molecule has 0 amide bonds. The first-order valence-electron chi connectivity index (χ1n) is 13.8. The Balaban J connectivity index is 1.48. The van der Waals surface area contributed by atoms with Gasteiger partial charge in [0.25, 0.3) is 0 Å². The van der Waals surface area contributed by atoms with E-state index in [0.29, 0.717) is 0 Å². The summed E-state index contributed by atoms with van der Waals surface area (Å²) in [6.07, 6.45) is 0. The van der Waals surface area contributed by atoms with E-state index in [1.807, 2.05) is 0 Å². The summed E-state index contributed by atoms with van der Waals surface area (Å²) < 4.78 is 0. The van der Waals surface area contributed by atoms with Crippen LogP contribution in [0.3, 0.4) is 0 Å². The lowest BCUT2D eigenvalue weighted by Crippen LogP contribution is -2.09. The zero-order chi connectivity index (χ0) is 26.3. The van der Waals surface area contributed by atoms with Gasteiger partial charge in [-0.25, -0.2) is 0 Å². The van der Waals surface area contributed by atoms with Gasteiger partial charge < -0.3 is 0 Å². The third-order valence-corrected chi connectivity index (χ3v) is 9.32. The number of hydrogen-bond acceptors (Lipinski definition) is 0. The van der Waals surface area contributed by atoms with Crippen molar-refractivity contribution < 1.29 is 0 Å². The van der Waals surface area contributed by atoms with Crippen molar-refractivity contribution in [3.8, 4) is 33.4 Å². The van der Waals surface area contributed by atoms with E-state index in [1.165, 1.54) is 76.4 Å². The van der Waals surface area contributed by atoms with Crippen LogP contribution in [0.4, 0.5) is 0 Å². The number of rotatable bonds is 4. The molecule has 0 aliphatic rings. The highest BCUT2D eigenvalue weighted by molar-refractivity contribution is 6.52. The fourth-order valence-corrected chi connectivity index (χ4v) is 6.80. The highest BCUT2D eigenvalue weighted by Gasteiger charge is 2.17. The van der Waals surface area contributed by atoms with Gasteiger partial charge in [0.15, 0.2) is 0 Å². The highest BCUT2D eigenvalue weighted by atomic mass is 28.2. The van der Waals surface area contributed by atoms with Crippen molar-refractivity contribution in [1.82, 2.24) is 0 Å². The second-order valence-corrected chi connectivity index (χ2v) is 12.1. The molecule has 0 spiro atoms. The van der Waals surface area contributed by atoms with Crippen LogP contribution >= 0.6 is 0 Å². The Hall–Kier alpha value is -4.46. The molecule has 0 radical (unpaired) electrons. The van der Waals surface area contributed by atoms with E-state index >= 15 is 0 Å². The largest absolute Gasteiger partial charge is 0.0708 e. The van der Waals surface area contributed by atoms with Gasteiger partial charge in [0.1, 0.15) is 0 Å². The molecular formula is C38H30Si. The molecule has 1 heteroatoms. The third kappa shape index (κ3) is 4.16. The van der Waals surface area contributed by atoms with Crippen LogP contribution in [0.15, 0.2) is 133 Å². The minimum absolute atomic E-state index is 0.285. The van der Waals surface area contributed by atoms with E-state index in [0.717, 1.165) is 0 Å². The number of benzene rings is 7. The summed E-state index contributed by atoms with van der Waals surface area (Å²) in [7, 11) is -0.285. The van der Waals surface area contributed by atoms with Gasteiger partial charge in [-0.3, -0.25) is 0 Å². The molecule has 0 bridgehead atoms. The van der Waals surface area contributed by atoms with E-state index < -0.39 is 0 Å². The van der Waals surface area contributed by atoms with E-state index in [2.05, 4.69) is 147 Å². The first-order valence-corrected chi connectivity index (χ1v) is 16.0. The molecule has 7 aromatic rings. The molecule has 7 rings (SSSR count). The van der Waals surface area contributed by atoms with E-state index in [9.17, 15) is 0 Å². The van der Waals surface area contributed by atoms with Crippen molar-refractivity contribution in [2.45, 2.75) is 13.5 Å². The first kappa shape index (κ1) is 23.6. The molecule has 0 saturated heterocycles. The average molecular weight is 515 g/mol. The van der Waals surface area contributed by atoms with Crippen molar-refractivity contribution in [1.29, 1.82) is 0 Å². The Morgan fingerprint density at radius 1 is 0.410 bits per heavy atom. The predicted octanol–water partition coefficient (Wildman–Crippen LogP) is 9.30. The Morgan fingerprint density at radius 3 is 1.74 bits per heavy atom. The molecule has 0 unspecified atom stereocenters. The maximum atomic E-state index is 2.47. The molecule has 0 aliphatic heterocycles. The maximum Gasteiger partial charge on any atom is 0.0517 e. The zero-order valence-electron chi connectivity index (χ0n) is 22.4. The van der Waals surface area contributed by atoms with Crippen molar-refractivity contribution in [2.75, 3.05) is 0 Å². The normalized spacial score (nSPS) is 11.7. The Kier molecular flexibility index (Phi) is 5.87. The maximum absolute atomic E-state index is 2.47. The smallest absolute Gasteiger partial charge is 0.0517 e. The lowest BCUT2D eigenvalue weighted by atomic mass is 9.85. The summed E-state index contributed by atoms with van der Waals surface area (Å²) in [5, 5.41) is 9.39. The summed E-state index contributed by atoms with van der Waals surface area (Å²) in [5.41, 5.74) is 9.01. The summed E-state index contributed by atoms with van der Waals surface area (Å²) in [6, 6.07) is 49.6. The van der Waals surface area contributed by atoms with Crippen LogP contribution < -0.4 is 5.19 Å². The van der Waals surface area contributed by atoms with Gasteiger partial charge in [0.05, 0.1) is 9.52 Å². The molecule has 7 aromatic carbocycles. The zero-order valence-corrected chi connectivity index (χ0v) is 23.8. The lowest BCUT2D eigenvalue weighted by Gasteiger charge is -2.19. The lowest BCUT2D eigenvalue weighted by molar-refractivity contribution is 1.51. The van der Waals surface area contributed by atoms with Gasteiger partial charge in [-0.2, -0.15) is 0 Å². The van der Waals surface area contributed by atoms with Crippen LogP contribution in [0.5, 0.6) is 0 Å². The molecule has 0 aromatic heterocycles. The molecule has 0 saturated carbocycles. The van der Waals surface area contributed by atoms with Crippen LogP contribution in [0.1, 0.15) is 5.56 Å². The fourth-order valence-electron chi connectivity index (χ4n) is 6.03. The van der Waals surface area contributed by atoms with Gasteiger partial charge in [0.2, 0.25) is 0 Å². The van der Waals surface area contributed by atoms with Crippen LogP contribution in [0.2, 0.25) is 6.55 Å². The Bertz CT molecular complexity index is 1980. The van der Waals surface area contributed by atoms with Crippen molar-refractivity contribution in [3.63, 3.8) is 0 Å². The molecular weight excluding hydrogens is 485 g/mol. The monoisotopic (exact) mass is 514 g/mol. The fraction of sp³-hybridized carbons (Fsp3) is 0.0526. The predicted molar refractivity (Wildman–Crippen MR) is 174 cm³/mol. The summed E-state index contributed by atoms with van der Waals surface area (Å²) in [4.78, 5) is 0. The number of fused-ring (bicyclic) bond motifs is 3.